The molecular weight excluding hydrogens is 200 g/mol. The molecule has 80 valence electrons. The minimum absolute atomic E-state index is 0.0185. The summed E-state index contributed by atoms with van der Waals surface area (Å²) in [5.74, 6) is 0. The molecule has 0 spiro atoms. The van der Waals surface area contributed by atoms with Crippen molar-refractivity contribution in [3.63, 3.8) is 0 Å². The average Bonchev–Trinajstić information content (AvgIpc) is 2.66. The van der Waals surface area contributed by atoms with Crippen molar-refractivity contribution >= 4 is 10.0 Å². The lowest BCUT2D eigenvalue weighted by Gasteiger charge is -2.21. The van der Waals surface area contributed by atoms with Gasteiger partial charge in [0.25, 0.3) is 0 Å². The van der Waals surface area contributed by atoms with E-state index in [0.29, 0.717) is 6.54 Å². The molecule has 0 bridgehead atoms. The highest BCUT2D eigenvalue weighted by Gasteiger charge is 2.32. The first kappa shape index (κ1) is 11.5. The quantitative estimate of drug-likeness (QED) is 0.661. The number of nitrogens with zero attached hydrogens (tertiary/aromatic N) is 2. The molecule has 0 aliphatic heterocycles. The highest BCUT2D eigenvalue weighted by atomic mass is 32.2. The molecule has 0 radical (unpaired) electrons. The van der Waals surface area contributed by atoms with Gasteiger partial charge in [-0.3, -0.25) is 0 Å². The van der Waals surface area contributed by atoms with Crippen LogP contribution >= 0.6 is 0 Å². The van der Waals surface area contributed by atoms with Crippen LogP contribution in [0.25, 0.3) is 0 Å². The first-order valence-corrected chi connectivity index (χ1v) is 6.49. The summed E-state index contributed by atoms with van der Waals surface area (Å²) in [7, 11) is -3.20. The predicted octanol–water partition coefficient (Wildman–Crippen LogP) is 1.10. The van der Waals surface area contributed by atoms with Crippen molar-refractivity contribution in [2.24, 2.45) is 0 Å². The van der Waals surface area contributed by atoms with Crippen molar-refractivity contribution in [3.8, 4) is 6.07 Å². The Morgan fingerprint density at radius 3 is 2.43 bits per heavy atom. The molecular formula is C9H16N2O2S. The molecule has 0 aromatic rings. The van der Waals surface area contributed by atoms with E-state index in [2.05, 4.69) is 0 Å². The van der Waals surface area contributed by atoms with Crippen LogP contribution in [0.3, 0.4) is 0 Å². The molecule has 1 aliphatic carbocycles. The van der Waals surface area contributed by atoms with E-state index in [-0.39, 0.29) is 11.8 Å². The van der Waals surface area contributed by atoms with E-state index in [9.17, 15) is 8.42 Å². The van der Waals surface area contributed by atoms with E-state index >= 15 is 0 Å². The summed E-state index contributed by atoms with van der Waals surface area (Å²) < 4.78 is 25.1. The van der Waals surface area contributed by atoms with Crippen LogP contribution in [0.2, 0.25) is 0 Å². The molecule has 0 atom stereocenters. The minimum Gasteiger partial charge on any atom is -0.212 e. The average molecular weight is 216 g/mol. The van der Waals surface area contributed by atoms with E-state index in [1.54, 1.807) is 6.92 Å². The zero-order valence-corrected chi connectivity index (χ0v) is 9.26. The zero-order chi connectivity index (χ0) is 10.6. The van der Waals surface area contributed by atoms with Crippen molar-refractivity contribution in [2.45, 2.75) is 37.9 Å². The summed E-state index contributed by atoms with van der Waals surface area (Å²) in [5.41, 5.74) is 0. The first-order chi connectivity index (χ1) is 6.62. The van der Waals surface area contributed by atoms with Crippen molar-refractivity contribution in [3.05, 3.63) is 0 Å². The third-order valence-corrected chi connectivity index (χ3v) is 5.10. The van der Waals surface area contributed by atoms with Gasteiger partial charge >= 0.3 is 0 Å². The van der Waals surface area contributed by atoms with Gasteiger partial charge in [0.2, 0.25) is 10.0 Å². The Kier molecular flexibility index (Phi) is 3.90. The van der Waals surface area contributed by atoms with Crippen molar-refractivity contribution in [1.29, 1.82) is 5.26 Å². The highest BCUT2D eigenvalue weighted by Crippen LogP contribution is 2.26. The van der Waals surface area contributed by atoms with E-state index in [0.717, 1.165) is 25.7 Å². The lowest BCUT2D eigenvalue weighted by Crippen LogP contribution is -2.37. The number of rotatable bonds is 4. The Morgan fingerprint density at radius 2 is 2.00 bits per heavy atom. The van der Waals surface area contributed by atoms with Crippen molar-refractivity contribution in [1.82, 2.24) is 4.31 Å². The lowest BCUT2D eigenvalue weighted by molar-refractivity contribution is 0.451. The number of sulfonamides is 1. The first-order valence-electron chi connectivity index (χ1n) is 4.98. The molecule has 0 amide bonds. The monoisotopic (exact) mass is 216 g/mol. The predicted molar refractivity (Wildman–Crippen MR) is 54.0 cm³/mol. The van der Waals surface area contributed by atoms with Gasteiger partial charge in [0, 0.05) is 6.54 Å². The molecule has 4 nitrogen and oxygen atoms in total. The van der Waals surface area contributed by atoms with Crippen LogP contribution in [-0.2, 0) is 10.0 Å². The Labute approximate surface area is 85.6 Å². The molecule has 0 unspecified atom stereocenters. The lowest BCUT2D eigenvalue weighted by atomic mass is 10.4. The van der Waals surface area contributed by atoms with Gasteiger partial charge < -0.3 is 0 Å². The second-order valence-electron chi connectivity index (χ2n) is 3.54. The molecule has 0 N–H and O–H groups in total. The zero-order valence-electron chi connectivity index (χ0n) is 8.44. The molecule has 1 aliphatic rings. The summed E-state index contributed by atoms with van der Waals surface area (Å²) in [6, 6.07) is 1.90. The standard InChI is InChI=1S/C9H16N2O2S/c1-2-11(8-7-10)14(12,13)9-5-3-4-6-9/h9H,2-6,8H2,1H3. The second kappa shape index (κ2) is 4.76. The summed E-state index contributed by atoms with van der Waals surface area (Å²) in [5, 5.41) is 8.28. The normalized spacial score (nSPS) is 18.6. The molecule has 0 aromatic heterocycles. The largest absolute Gasteiger partial charge is 0.217 e. The molecule has 0 saturated heterocycles. The van der Waals surface area contributed by atoms with Gasteiger partial charge in [-0.25, -0.2) is 8.42 Å². The molecule has 0 heterocycles. The van der Waals surface area contributed by atoms with Crippen LogP contribution in [0.15, 0.2) is 0 Å². The van der Waals surface area contributed by atoms with Gasteiger partial charge in [0.15, 0.2) is 0 Å². The smallest absolute Gasteiger partial charge is 0.212 e. The summed E-state index contributed by atoms with van der Waals surface area (Å²) >= 11 is 0. The Balaban J connectivity index is 2.76. The minimum atomic E-state index is -3.20. The van der Waals surface area contributed by atoms with Gasteiger partial charge in [-0.15, -0.1) is 0 Å². The number of hydrogen-bond acceptors (Lipinski definition) is 3. The van der Waals surface area contributed by atoms with Gasteiger partial charge in [0.1, 0.15) is 6.54 Å². The fraction of sp³-hybridized carbons (Fsp3) is 0.889. The molecule has 1 fully saturated rings. The van der Waals surface area contributed by atoms with E-state index in [4.69, 9.17) is 5.26 Å². The Bertz CT molecular complexity index is 312. The summed E-state index contributed by atoms with van der Waals surface area (Å²) in [6.07, 6.45) is 3.50. The van der Waals surface area contributed by atoms with Gasteiger partial charge in [-0.1, -0.05) is 19.8 Å². The number of hydrogen-bond donors (Lipinski definition) is 0. The summed E-state index contributed by atoms with van der Waals surface area (Å²) in [4.78, 5) is 0. The Morgan fingerprint density at radius 1 is 1.43 bits per heavy atom. The van der Waals surface area contributed by atoms with Gasteiger partial charge in [0.05, 0.1) is 11.3 Å². The SMILES string of the molecule is CCN(CC#N)S(=O)(=O)C1CCCC1. The third-order valence-electron chi connectivity index (χ3n) is 2.68. The highest BCUT2D eigenvalue weighted by molar-refractivity contribution is 7.89. The Hall–Kier alpha value is -0.600. The maximum atomic E-state index is 11.9. The molecule has 0 aromatic carbocycles. The molecule has 14 heavy (non-hydrogen) atoms. The van der Waals surface area contributed by atoms with Crippen LogP contribution < -0.4 is 0 Å². The van der Waals surface area contributed by atoms with E-state index < -0.39 is 10.0 Å². The fourth-order valence-corrected chi connectivity index (χ4v) is 3.81. The maximum Gasteiger partial charge on any atom is 0.217 e. The molecule has 1 rings (SSSR count). The van der Waals surface area contributed by atoms with Gasteiger partial charge in [-0.2, -0.15) is 9.57 Å². The van der Waals surface area contributed by atoms with E-state index in [1.165, 1.54) is 4.31 Å². The van der Waals surface area contributed by atoms with Crippen LogP contribution in [0, 0.1) is 11.3 Å². The fourth-order valence-electron chi connectivity index (χ4n) is 1.86. The van der Waals surface area contributed by atoms with Crippen molar-refractivity contribution in [2.75, 3.05) is 13.1 Å². The van der Waals surface area contributed by atoms with Gasteiger partial charge in [-0.05, 0) is 12.8 Å². The van der Waals surface area contributed by atoms with Crippen LogP contribution in [0.5, 0.6) is 0 Å². The van der Waals surface area contributed by atoms with Crippen LogP contribution in [0.1, 0.15) is 32.6 Å². The topological polar surface area (TPSA) is 61.2 Å². The van der Waals surface area contributed by atoms with Crippen LogP contribution in [-0.4, -0.2) is 31.1 Å². The second-order valence-corrected chi connectivity index (χ2v) is 5.75. The number of nitriles is 1. The van der Waals surface area contributed by atoms with Crippen LogP contribution in [0.4, 0.5) is 0 Å². The van der Waals surface area contributed by atoms with E-state index in [1.807, 2.05) is 6.07 Å². The van der Waals surface area contributed by atoms with Crippen molar-refractivity contribution < 1.29 is 8.42 Å². The molecule has 5 heteroatoms. The third kappa shape index (κ3) is 2.25. The maximum absolute atomic E-state index is 11.9. The molecule has 1 saturated carbocycles. The summed E-state index contributed by atoms with van der Waals surface area (Å²) in [6.45, 7) is 2.14.